The van der Waals surface area contributed by atoms with Gasteiger partial charge in [-0.05, 0) is 30.9 Å². The van der Waals surface area contributed by atoms with Gasteiger partial charge in [-0.2, -0.15) is 5.26 Å². The van der Waals surface area contributed by atoms with Gasteiger partial charge in [-0.1, -0.05) is 18.2 Å². The van der Waals surface area contributed by atoms with Crippen LogP contribution in [0, 0.1) is 11.3 Å². The van der Waals surface area contributed by atoms with Crippen LogP contribution in [0.1, 0.15) is 37.2 Å². The van der Waals surface area contributed by atoms with Crippen LogP contribution in [0.5, 0.6) is 0 Å². The lowest BCUT2D eigenvalue weighted by Crippen LogP contribution is -2.39. The molecular weight excluding hydrogens is 250 g/mol. The van der Waals surface area contributed by atoms with Crippen LogP contribution in [0.3, 0.4) is 0 Å². The summed E-state index contributed by atoms with van der Waals surface area (Å²) in [7, 11) is 0. The van der Waals surface area contributed by atoms with Gasteiger partial charge in [-0.15, -0.1) is 0 Å². The molecule has 0 aromatic heterocycles. The van der Waals surface area contributed by atoms with Crippen LogP contribution in [-0.4, -0.2) is 29.9 Å². The minimum Gasteiger partial charge on any atom is -0.385 e. The molecule has 1 aliphatic carbocycles. The second-order valence-corrected chi connectivity index (χ2v) is 5.53. The van der Waals surface area contributed by atoms with Gasteiger partial charge in [-0.25, -0.2) is 0 Å². The smallest absolute Gasteiger partial charge is 0.230 e. The molecule has 0 radical (unpaired) electrons. The molecule has 1 aromatic carbocycles. The highest BCUT2D eigenvalue weighted by Gasteiger charge is 2.37. The lowest BCUT2D eigenvalue weighted by atomic mass is 9.89. The number of carbonyl (C=O) groups is 1. The molecule has 104 valence electrons. The molecule has 0 bridgehead atoms. The molecule has 3 rings (SSSR count). The highest BCUT2D eigenvalue weighted by atomic mass is 16.2. The molecule has 20 heavy (non-hydrogen) atoms. The topological polar surface area (TPSA) is 56.1 Å². The Bertz CT molecular complexity index is 545. The third kappa shape index (κ3) is 2.49. The Morgan fingerprint density at radius 3 is 2.90 bits per heavy atom. The maximum Gasteiger partial charge on any atom is 0.230 e. The van der Waals surface area contributed by atoms with E-state index < -0.39 is 0 Å². The van der Waals surface area contributed by atoms with E-state index in [1.165, 1.54) is 0 Å². The van der Waals surface area contributed by atoms with Gasteiger partial charge in [0.15, 0.2) is 0 Å². The first-order valence-electron chi connectivity index (χ1n) is 7.31. The lowest BCUT2D eigenvalue weighted by molar-refractivity contribution is -0.133. The molecule has 1 amide bonds. The molecule has 1 N–H and O–H groups in total. The molecule has 0 saturated heterocycles. The number of carbonyl (C=O) groups excluding carboxylic acids is 1. The number of rotatable bonds is 4. The fourth-order valence-electron chi connectivity index (χ4n) is 2.95. The van der Waals surface area contributed by atoms with Gasteiger partial charge in [0.25, 0.3) is 0 Å². The standard InChI is InChI=1S/C16H19N3O/c17-9-3-11-19(12-6-7-12)16(20)14-8-10-18-15-5-2-1-4-13(14)15/h1-2,4-5,12,14,18H,3,6-8,10-11H2. The van der Waals surface area contributed by atoms with Crippen molar-refractivity contribution < 1.29 is 4.79 Å². The number of anilines is 1. The number of hydrogen-bond acceptors (Lipinski definition) is 3. The van der Waals surface area contributed by atoms with Crippen molar-refractivity contribution in [2.45, 2.75) is 37.6 Å². The Balaban J connectivity index is 1.81. The van der Waals surface area contributed by atoms with E-state index in [0.717, 1.165) is 37.1 Å². The summed E-state index contributed by atoms with van der Waals surface area (Å²) in [6, 6.07) is 10.6. The Morgan fingerprint density at radius 1 is 1.35 bits per heavy atom. The van der Waals surface area contributed by atoms with Crippen LogP contribution in [0.25, 0.3) is 0 Å². The maximum atomic E-state index is 12.8. The van der Waals surface area contributed by atoms with E-state index in [1.54, 1.807) is 0 Å². The predicted octanol–water partition coefficient (Wildman–Crippen LogP) is 2.49. The number of nitrogens with zero attached hydrogens (tertiary/aromatic N) is 2. The molecule has 1 atom stereocenters. The zero-order valence-electron chi connectivity index (χ0n) is 11.5. The summed E-state index contributed by atoms with van der Waals surface area (Å²) in [5.41, 5.74) is 2.18. The molecule has 1 fully saturated rings. The van der Waals surface area contributed by atoms with E-state index in [1.807, 2.05) is 29.2 Å². The van der Waals surface area contributed by atoms with Crippen molar-refractivity contribution in [3.05, 3.63) is 29.8 Å². The van der Waals surface area contributed by atoms with Crippen molar-refractivity contribution in [3.63, 3.8) is 0 Å². The molecule has 2 aliphatic rings. The normalized spacial score (nSPS) is 20.4. The van der Waals surface area contributed by atoms with Gasteiger partial charge in [0.05, 0.1) is 18.4 Å². The fourth-order valence-corrected chi connectivity index (χ4v) is 2.95. The van der Waals surface area contributed by atoms with Crippen LogP contribution in [-0.2, 0) is 4.79 Å². The van der Waals surface area contributed by atoms with E-state index in [9.17, 15) is 4.79 Å². The zero-order valence-corrected chi connectivity index (χ0v) is 11.5. The quantitative estimate of drug-likeness (QED) is 0.913. The Kier molecular flexibility index (Phi) is 3.60. The number of amides is 1. The minimum atomic E-state index is -0.0493. The summed E-state index contributed by atoms with van der Waals surface area (Å²) in [4.78, 5) is 14.8. The molecule has 4 nitrogen and oxygen atoms in total. The van der Waals surface area contributed by atoms with Crippen molar-refractivity contribution in [1.29, 1.82) is 5.26 Å². The first-order valence-corrected chi connectivity index (χ1v) is 7.31. The van der Waals surface area contributed by atoms with Crippen molar-refractivity contribution in [1.82, 2.24) is 4.90 Å². The second kappa shape index (κ2) is 5.54. The predicted molar refractivity (Wildman–Crippen MR) is 77.3 cm³/mol. The molecule has 1 aliphatic heterocycles. The van der Waals surface area contributed by atoms with Crippen molar-refractivity contribution in [2.75, 3.05) is 18.4 Å². The SMILES string of the molecule is N#CCCN(C(=O)C1CCNc2ccccc21)C1CC1. The van der Waals surface area contributed by atoms with Gasteiger partial charge >= 0.3 is 0 Å². The number of nitriles is 1. The fraction of sp³-hybridized carbons (Fsp3) is 0.500. The van der Waals surface area contributed by atoms with E-state index in [4.69, 9.17) is 5.26 Å². The van der Waals surface area contributed by atoms with Crippen molar-refractivity contribution in [3.8, 4) is 6.07 Å². The number of benzene rings is 1. The summed E-state index contributed by atoms with van der Waals surface area (Å²) in [5, 5.41) is 12.1. The van der Waals surface area contributed by atoms with Crippen LogP contribution in [0.2, 0.25) is 0 Å². The molecule has 4 heteroatoms. The maximum absolute atomic E-state index is 12.8. The molecular formula is C16H19N3O. The Labute approximate surface area is 119 Å². The summed E-state index contributed by atoms with van der Waals surface area (Å²) in [6.07, 6.45) is 3.44. The van der Waals surface area contributed by atoms with E-state index in [2.05, 4.69) is 11.4 Å². The van der Waals surface area contributed by atoms with E-state index >= 15 is 0 Å². The number of para-hydroxylation sites is 1. The molecule has 1 aromatic rings. The second-order valence-electron chi connectivity index (χ2n) is 5.53. The highest BCUT2D eigenvalue weighted by molar-refractivity contribution is 5.87. The molecule has 1 heterocycles. The van der Waals surface area contributed by atoms with Gasteiger partial charge in [0.2, 0.25) is 5.91 Å². The number of hydrogen-bond donors (Lipinski definition) is 1. The molecule has 1 unspecified atom stereocenters. The largest absolute Gasteiger partial charge is 0.385 e. The third-order valence-corrected chi connectivity index (χ3v) is 4.12. The first kappa shape index (κ1) is 13.0. The Hall–Kier alpha value is -2.02. The van der Waals surface area contributed by atoms with Crippen LogP contribution in [0.4, 0.5) is 5.69 Å². The Morgan fingerprint density at radius 2 is 2.15 bits per heavy atom. The average molecular weight is 269 g/mol. The van der Waals surface area contributed by atoms with Gasteiger partial charge < -0.3 is 10.2 Å². The van der Waals surface area contributed by atoms with Crippen LogP contribution in [0.15, 0.2) is 24.3 Å². The van der Waals surface area contributed by atoms with Gasteiger partial charge in [0.1, 0.15) is 0 Å². The number of nitrogens with one attached hydrogen (secondary N) is 1. The molecule has 1 saturated carbocycles. The third-order valence-electron chi connectivity index (χ3n) is 4.12. The molecule has 0 spiro atoms. The number of fused-ring (bicyclic) bond motifs is 1. The van der Waals surface area contributed by atoms with E-state index in [-0.39, 0.29) is 11.8 Å². The summed E-state index contributed by atoms with van der Waals surface area (Å²) in [5.74, 6) is 0.156. The summed E-state index contributed by atoms with van der Waals surface area (Å²) >= 11 is 0. The van der Waals surface area contributed by atoms with Gasteiger partial charge in [-0.3, -0.25) is 4.79 Å². The summed E-state index contributed by atoms with van der Waals surface area (Å²) < 4.78 is 0. The lowest BCUT2D eigenvalue weighted by Gasteiger charge is -2.31. The van der Waals surface area contributed by atoms with Crippen molar-refractivity contribution >= 4 is 11.6 Å². The zero-order chi connectivity index (χ0) is 13.9. The van der Waals surface area contributed by atoms with Gasteiger partial charge in [0, 0.05) is 24.8 Å². The highest BCUT2D eigenvalue weighted by Crippen LogP contribution is 2.36. The average Bonchev–Trinajstić information content (AvgIpc) is 3.31. The first-order chi connectivity index (χ1) is 9.81. The van der Waals surface area contributed by atoms with Crippen LogP contribution >= 0.6 is 0 Å². The van der Waals surface area contributed by atoms with Crippen molar-refractivity contribution in [2.24, 2.45) is 0 Å². The minimum absolute atomic E-state index is 0.0493. The van der Waals surface area contributed by atoms with E-state index in [0.29, 0.717) is 19.0 Å². The van der Waals surface area contributed by atoms with Crippen LogP contribution < -0.4 is 5.32 Å². The monoisotopic (exact) mass is 269 g/mol. The summed E-state index contributed by atoms with van der Waals surface area (Å²) in [6.45, 7) is 1.41.